The van der Waals surface area contributed by atoms with E-state index in [4.69, 9.17) is 4.84 Å². The van der Waals surface area contributed by atoms with Crippen LogP contribution in [0.15, 0.2) is 12.3 Å². The van der Waals surface area contributed by atoms with Gasteiger partial charge in [-0.15, -0.1) is 5.06 Å². The number of hydrogen-bond acceptors (Lipinski definition) is 2. The first-order valence-corrected chi connectivity index (χ1v) is 3.68. The summed E-state index contributed by atoms with van der Waals surface area (Å²) >= 11 is 3.31. The number of hydrogen-bond donors (Lipinski definition) is 0. The van der Waals surface area contributed by atoms with Crippen LogP contribution in [0, 0.1) is 0 Å². The van der Waals surface area contributed by atoms with Gasteiger partial charge in [-0.2, -0.15) is 0 Å². The van der Waals surface area contributed by atoms with Crippen LogP contribution >= 0.6 is 15.9 Å². The summed E-state index contributed by atoms with van der Waals surface area (Å²) in [5.41, 5.74) is 0. The van der Waals surface area contributed by atoms with Crippen LogP contribution in [0.2, 0.25) is 0 Å². The summed E-state index contributed by atoms with van der Waals surface area (Å²) < 4.78 is 0. The Morgan fingerprint density at radius 2 is 2.62 bits per heavy atom. The standard InChI is InChI=1S/C5H8BrNO/c6-2-4-7-3-1-5-8-7/h1,5H,2-4H2. The Kier molecular flexibility index (Phi) is 2.36. The van der Waals surface area contributed by atoms with Gasteiger partial charge in [0.1, 0.15) is 6.26 Å². The van der Waals surface area contributed by atoms with Crippen molar-refractivity contribution < 1.29 is 4.84 Å². The predicted molar refractivity (Wildman–Crippen MR) is 35.6 cm³/mol. The lowest BCUT2D eigenvalue weighted by Gasteiger charge is -2.10. The lowest BCUT2D eigenvalue weighted by molar-refractivity contribution is -0.0692. The smallest absolute Gasteiger partial charge is 0.109 e. The van der Waals surface area contributed by atoms with Crippen LogP contribution in [0.5, 0.6) is 0 Å². The minimum Gasteiger partial charge on any atom is -0.414 e. The van der Waals surface area contributed by atoms with Crippen LogP contribution in [-0.2, 0) is 4.84 Å². The molecule has 1 heterocycles. The van der Waals surface area contributed by atoms with E-state index in [1.807, 2.05) is 11.1 Å². The van der Waals surface area contributed by atoms with Gasteiger partial charge in [-0.1, -0.05) is 15.9 Å². The Labute approximate surface area is 57.2 Å². The van der Waals surface area contributed by atoms with Crippen molar-refractivity contribution in [3.63, 3.8) is 0 Å². The highest BCUT2D eigenvalue weighted by molar-refractivity contribution is 9.09. The summed E-state index contributed by atoms with van der Waals surface area (Å²) in [4.78, 5) is 5.02. The van der Waals surface area contributed by atoms with Crippen molar-refractivity contribution in [1.29, 1.82) is 0 Å². The molecule has 0 unspecified atom stereocenters. The Hall–Kier alpha value is -0.0200. The minimum absolute atomic E-state index is 0.922. The van der Waals surface area contributed by atoms with Gasteiger partial charge in [0.15, 0.2) is 0 Å². The van der Waals surface area contributed by atoms with Gasteiger partial charge in [0.2, 0.25) is 0 Å². The molecule has 0 bridgehead atoms. The minimum atomic E-state index is 0.922. The molecular weight excluding hydrogens is 170 g/mol. The molecule has 1 rings (SSSR count). The topological polar surface area (TPSA) is 12.5 Å². The number of alkyl halides is 1. The molecule has 3 heteroatoms. The third kappa shape index (κ3) is 1.49. The molecule has 0 saturated heterocycles. The van der Waals surface area contributed by atoms with E-state index in [0.717, 1.165) is 18.4 Å². The normalized spacial score (nSPS) is 19.1. The molecule has 1 aliphatic heterocycles. The fraction of sp³-hybridized carbons (Fsp3) is 0.600. The van der Waals surface area contributed by atoms with Gasteiger partial charge in [0, 0.05) is 11.9 Å². The highest BCUT2D eigenvalue weighted by Crippen LogP contribution is 2.00. The molecule has 0 radical (unpaired) electrons. The molecule has 0 saturated carbocycles. The van der Waals surface area contributed by atoms with Crippen molar-refractivity contribution in [3.05, 3.63) is 12.3 Å². The van der Waals surface area contributed by atoms with E-state index in [2.05, 4.69) is 15.9 Å². The number of rotatable bonds is 2. The second kappa shape index (κ2) is 3.10. The van der Waals surface area contributed by atoms with E-state index < -0.39 is 0 Å². The quantitative estimate of drug-likeness (QED) is 0.588. The van der Waals surface area contributed by atoms with E-state index in [1.54, 1.807) is 6.26 Å². The molecule has 0 N–H and O–H groups in total. The van der Waals surface area contributed by atoms with Gasteiger partial charge in [0.25, 0.3) is 0 Å². The maximum Gasteiger partial charge on any atom is 0.109 e. The molecule has 0 atom stereocenters. The van der Waals surface area contributed by atoms with Crippen molar-refractivity contribution in [2.75, 3.05) is 18.4 Å². The van der Waals surface area contributed by atoms with Crippen molar-refractivity contribution >= 4 is 15.9 Å². The summed E-state index contributed by atoms with van der Waals surface area (Å²) in [6.45, 7) is 1.87. The summed E-state index contributed by atoms with van der Waals surface area (Å²) in [5, 5.41) is 2.85. The highest BCUT2D eigenvalue weighted by Gasteiger charge is 2.04. The zero-order valence-corrected chi connectivity index (χ0v) is 6.10. The van der Waals surface area contributed by atoms with E-state index >= 15 is 0 Å². The van der Waals surface area contributed by atoms with E-state index in [9.17, 15) is 0 Å². The summed E-state index contributed by atoms with van der Waals surface area (Å²) in [6, 6.07) is 0. The van der Waals surface area contributed by atoms with Gasteiger partial charge in [-0.25, -0.2) is 0 Å². The van der Waals surface area contributed by atoms with Crippen LogP contribution in [0.3, 0.4) is 0 Å². The van der Waals surface area contributed by atoms with Crippen LogP contribution in [0.25, 0.3) is 0 Å². The maximum absolute atomic E-state index is 5.02. The first-order valence-electron chi connectivity index (χ1n) is 2.56. The lowest BCUT2D eigenvalue weighted by Crippen LogP contribution is -2.19. The second-order valence-electron chi connectivity index (χ2n) is 1.55. The maximum atomic E-state index is 5.02. The monoisotopic (exact) mass is 177 g/mol. The molecule has 2 nitrogen and oxygen atoms in total. The first-order chi connectivity index (χ1) is 3.93. The van der Waals surface area contributed by atoms with E-state index in [1.165, 1.54) is 0 Å². The molecule has 0 aromatic heterocycles. The van der Waals surface area contributed by atoms with Crippen LogP contribution in [-0.4, -0.2) is 23.5 Å². The van der Waals surface area contributed by atoms with Gasteiger partial charge in [0.05, 0.1) is 6.54 Å². The average molecular weight is 178 g/mol. The Morgan fingerprint density at radius 3 is 3.12 bits per heavy atom. The van der Waals surface area contributed by atoms with Crippen molar-refractivity contribution in [2.24, 2.45) is 0 Å². The molecule has 0 fully saturated rings. The van der Waals surface area contributed by atoms with Crippen molar-refractivity contribution in [1.82, 2.24) is 5.06 Å². The van der Waals surface area contributed by atoms with Crippen molar-refractivity contribution in [2.45, 2.75) is 0 Å². The summed E-state index contributed by atoms with van der Waals surface area (Å²) in [7, 11) is 0. The van der Waals surface area contributed by atoms with E-state index in [0.29, 0.717) is 0 Å². The summed E-state index contributed by atoms with van der Waals surface area (Å²) in [6.07, 6.45) is 3.70. The fourth-order valence-electron chi connectivity index (χ4n) is 0.571. The molecule has 46 valence electrons. The van der Waals surface area contributed by atoms with Crippen molar-refractivity contribution in [3.8, 4) is 0 Å². The Bertz CT molecular complexity index is 86.4. The number of nitrogens with zero attached hydrogens (tertiary/aromatic N) is 1. The third-order valence-corrected chi connectivity index (χ3v) is 1.30. The SMILES string of the molecule is BrCCN1CC=CO1. The molecule has 0 aromatic carbocycles. The van der Waals surface area contributed by atoms with Crippen LogP contribution < -0.4 is 0 Å². The Balaban J connectivity index is 2.10. The second-order valence-corrected chi connectivity index (χ2v) is 2.35. The molecule has 8 heavy (non-hydrogen) atoms. The zero-order valence-electron chi connectivity index (χ0n) is 4.51. The molecular formula is C5H8BrNO. The zero-order chi connectivity index (χ0) is 5.82. The first kappa shape index (κ1) is 6.11. The predicted octanol–water partition coefficient (Wildman–Crippen LogP) is 1.14. The fourth-order valence-corrected chi connectivity index (χ4v) is 0.967. The molecule has 0 aromatic rings. The molecule has 0 amide bonds. The van der Waals surface area contributed by atoms with Crippen LogP contribution in [0.1, 0.15) is 0 Å². The number of hydroxylamine groups is 2. The number of halogens is 1. The van der Waals surface area contributed by atoms with Gasteiger partial charge < -0.3 is 4.84 Å². The van der Waals surface area contributed by atoms with Crippen LogP contribution in [0.4, 0.5) is 0 Å². The van der Waals surface area contributed by atoms with E-state index in [-0.39, 0.29) is 0 Å². The third-order valence-electron chi connectivity index (χ3n) is 0.949. The molecule has 0 spiro atoms. The molecule has 0 aliphatic carbocycles. The van der Waals surface area contributed by atoms with Gasteiger partial charge in [-0.05, 0) is 6.08 Å². The largest absolute Gasteiger partial charge is 0.414 e. The highest BCUT2D eigenvalue weighted by atomic mass is 79.9. The lowest BCUT2D eigenvalue weighted by atomic mass is 10.6. The Morgan fingerprint density at radius 1 is 1.75 bits per heavy atom. The average Bonchev–Trinajstić information content (AvgIpc) is 2.19. The van der Waals surface area contributed by atoms with Gasteiger partial charge in [-0.3, -0.25) is 0 Å². The molecule has 1 aliphatic rings. The van der Waals surface area contributed by atoms with Gasteiger partial charge >= 0.3 is 0 Å². The summed E-state index contributed by atoms with van der Waals surface area (Å²) in [5.74, 6) is 0.